The molecule has 3 rings (SSSR count). The molecule has 0 aliphatic carbocycles. The fourth-order valence-corrected chi connectivity index (χ4v) is 5.34. The van der Waals surface area contributed by atoms with E-state index in [-0.39, 0.29) is 20.8 Å². The molecule has 3 aromatic rings. The lowest BCUT2D eigenvalue weighted by molar-refractivity contribution is 0.0430. The van der Waals surface area contributed by atoms with E-state index in [9.17, 15) is 18.0 Å². The first kappa shape index (κ1) is 25.7. The third-order valence-corrected chi connectivity index (χ3v) is 6.77. The average Bonchev–Trinajstić information content (AvgIpc) is 3.01. The largest absolute Gasteiger partial charge is 0.443 e. The number of ether oxygens (including phenoxy) is 2. The first-order valence-electron chi connectivity index (χ1n) is 10.3. The van der Waals surface area contributed by atoms with Crippen LogP contribution in [0.2, 0.25) is 0 Å². The molecule has 11 heteroatoms. The molecule has 0 radical (unpaired) electrons. The number of carbonyl (C=O) groups is 2. The summed E-state index contributed by atoms with van der Waals surface area (Å²) in [5.74, 6) is 0. The number of benzene rings is 1. The topological polar surface area (TPSA) is 108 Å². The van der Waals surface area contributed by atoms with Crippen LogP contribution in [0.3, 0.4) is 0 Å². The molecule has 182 valence electrons. The zero-order valence-electron chi connectivity index (χ0n) is 19.7. The Kier molecular flexibility index (Phi) is 6.82. The van der Waals surface area contributed by atoms with Crippen molar-refractivity contribution in [1.29, 1.82) is 0 Å². The lowest BCUT2D eigenvalue weighted by atomic mass is 10.2. The highest BCUT2D eigenvalue weighted by atomic mass is 79.9. The predicted octanol–water partition coefficient (Wildman–Crippen LogP) is 5.71. The van der Waals surface area contributed by atoms with Crippen molar-refractivity contribution >= 4 is 54.9 Å². The molecular weight excluding hydrogens is 526 g/mol. The molecule has 0 N–H and O–H groups in total. The molecule has 0 spiro atoms. The summed E-state index contributed by atoms with van der Waals surface area (Å²) in [6, 6.07) is 10.9. The first-order valence-corrected chi connectivity index (χ1v) is 12.6. The van der Waals surface area contributed by atoms with Crippen LogP contribution in [0.4, 0.5) is 15.3 Å². The molecule has 0 unspecified atom stereocenters. The van der Waals surface area contributed by atoms with Gasteiger partial charge in [0.15, 0.2) is 5.65 Å². The van der Waals surface area contributed by atoms with Crippen LogP contribution in [-0.4, -0.2) is 40.8 Å². The van der Waals surface area contributed by atoms with Crippen molar-refractivity contribution < 1.29 is 27.5 Å². The number of fused-ring (bicyclic) bond motifs is 1. The van der Waals surface area contributed by atoms with Gasteiger partial charge in [-0.1, -0.05) is 18.2 Å². The van der Waals surface area contributed by atoms with Crippen LogP contribution in [0.15, 0.2) is 58.2 Å². The molecule has 0 fully saturated rings. The van der Waals surface area contributed by atoms with E-state index in [1.54, 1.807) is 59.7 Å². The van der Waals surface area contributed by atoms with Crippen molar-refractivity contribution in [1.82, 2.24) is 8.96 Å². The Balaban J connectivity index is 2.12. The van der Waals surface area contributed by atoms with E-state index in [2.05, 4.69) is 20.9 Å². The van der Waals surface area contributed by atoms with Gasteiger partial charge >= 0.3 is 12.2 Å². The van der Waals surface area contributed by atoms with Gasteiger partial charge in [-0.3, -0.25) is 0 Å². The van der Waals surface area contributed by atoms with Gasteiger partial charge in [0.25, 0.3) is 10.0 Å². The average molecular weight is 552 g/mol. The molecule has 1 aromatic carbocycles. The van der Waals surface area contributed by atoms with Gasteiger partial charge in [-0.25, -0.2) is 27.0 Å². The number of aromatic nitrogens is 2. The summed E-state index contributed by atoms with van der Waals surface area (Å²) in [7, 11) is -3.96. The summed E-state index contributed by atoms with van der Waals surface area (Å²) in [6.45, 7) is 10.0. The Labute approximate surface area is 206 Å². The van der Waals surface area contributed by atoms with Gasteiger partial charge < -0.3 is 9.47 Å². The zero-order valence-corrected chi connectivity index (χ0v) is 22.1. The zero-order chi connectivity index (χ0) is 25.5. The quantitative estimate of drug-likeness (QED) is 0.410. The Morgan fingerprint density at radius 1 is 0.941 bits per heavy atom. The lowest BCUT2D eigenvalue weighted by Crippen LogP contribution is -2.43. The van der Waals surface area contributed by atoms with E-state index in [1.807, 2.05) is 0 Å². The predicted molar refractivity (Wildman–Crippen MR) is 131 cm³/mol. The smallest absolute Gasteiger partial charge is 0.424 e. The number of halogens is 1. The van der Waals surface area contributed by atoms with Gasteiger partial charge in [-0.15, -0.1) is 0 Å². The number of pyridine rings is 1. The summed E-state index contributed by atoms with van der Waals surface area (Å²) in [5.41, 5.74) is -1.55. The summed E-state index contributed by atoms with van der Waals surface area (Å²) in [5, 5.41) is 0.376. The van der Waals surface area contributed by atoms with Crippen LogP contribution in [0, 0.1) is 0 Å². The Morgan fingerprint density at radius 3 is 1.97 bits per heavy atom. The summed E-state index contributed by atoms with van der Waals surface area (Å²) >= 11 is 3.29. The molecule has 34 heavy (non-hydrogen) atoms. The van der Waals surface area contributed by atoms with Crippen LogP contribution in [0.5, 0.6) is 0 Å². The van der Waals surface area contributed by atoms with Gasteiger partial charge in [0.1, 0.15) is 15.8 Å². The minimum atomic E-state index is -3.96. The second-order valence-electron chi connectivity index (χ2n) is 9.45. The normalized spacial score (nSPS) is 12.4. The van der Waals surface area contributed by atoms with E-state index in [0.717, 1.165) is 8.87 Å². The highest BCUT2D eigenvalue weighted by Gasteiger charge is 2.33. The molecule has 9 nitrogen and oxygen atoms in total. The maximum absolute atomic E-state index is 13.2. The minimum absolute atomic E-state index is 0.0674. The van der Waals surface area contributed by atoms with Crippen LogP contribution in [0.25, 0.3) is 11.0 Å². The van der Waals surface area contributed by atoms with E-state index in [4.69, 9.17) is 9.47 Å². The van der Waals surface area contributed by atoms with Crippen molar-refractivity contribution in [3.05, 3.63) is 53.3 Å². The summed E-state index contributed by atoms with van der Waals surface area (Å²) < 4.78 is 38.5. The molecule has 0 saturated carbocycles. The number of rotatable bonds is 3. The van der Waals surface area contributed by atoms with Crippen molar-refractivity contribution in [2.24, 2.45) is 0 Å². The first-order chi connectivity index (χ1) is 15.6. The van der Waals surface area contributed by atoms with E-state index < -0.39 is 33.4 Å². The lowest BCUT2D eigenvalue weighted by Gasteiger charge is -2.28. The highest BCUT2D eigenvalue weighted by Crippen LogP contribution is 2.31. The molecule has 0 atom stereocenters. The molecule has 0 aliphatic rings. The van der Waals surface area contributed by atoms with Crippen LogP contribution in [-0.2, 0) is 19.5 Å². The van der Waals surface area contributed by atoms with Gasteiger partial charge in [-0.05, 0) is 81.7 Å². The van der Waals surface area contributed by atoms with E-state index >= 15 is 0 Å². The molecule has 2 heterocycles. The minimum Gasteiger partial charge on any atom is -0.443 e. The monoisotopic (exact) mass is 551 g/mol. The summed E-state index contributed by atoms with van der Waals surface area (Å²) in [6.07, 6.45) is -0.670. The van der Waals surface area contributed by atoms with Gasteiger partial charge in [-0.2, -0.15) is 4.90 Å². The maximum atomic E-state index is 13.2. The molecule has 0 saturated heterocycles. The number of hydrogen-bond acceptors (Lipinski definition) is 7. The van der Waals surface area contributed by atoms with Gasteiger partial charge in [0.2, 0.25) is 0 Å². The number of nitrogens with zero attached hydrogens (tertiary/aromatic N) is 3. The number of hydrogen-bond donors (Lipinski definition) is 0. The Morgan fingerprint density at radius 2 is 1.47 bits per heavy atom. The molecule has 2 aromatic heterocycles. The van der Waals surface area contributed by atoms with E-state index in [0.29, 0.717) is 5.39 Å². The molecule has 0 bridgehead atoms. The van der Waals surface area contributed by atoms with E-state index in [1.165, 1.54) is 30.5 Å². The maximum Gasteiger partial charge on any atom is 0.424 e. The summed E-state index contributed by atoms with van der Waals surface area (Å²) in [4.78, 5) is 30.9. The Bertz CT molecular complexity index is 1310. The second-order valence-corrected chi connectivity index (χ2v) is 12.1. The van der Waals surface area contributed by atoms with Crippen molar-refractivity contribution in [3.63, 3.8) is 0 Å². The van der Waals surface area contributed by atoms with Crippen molar-refractivity contribution in [2.75, 3.05) is 4.90 Å². The number of anilines is 1. The fourth-order valence-electron chi connectivity index (χ4n) is 2.98. The molecule has 0 aliphatic heterocycles. The van der Waals surface area contributed by atoms with Crippen LogP contribution < -0.4 is 4.90 Å². The number of carbonyl (C=O) groups excluding carboxylic acids is 2. The number of amides is 2. The van der Waals surface area contributed by atoms with Crippen LogP contribution >= 0.6 is 15.9 Å². The van der Waals surface area contributed by atoms with Crippen LogP contribution in [0.1, 0.15) is 41.5 Å². The highest BCUT2D eigenvalue weighted by molar-refractivity contribution is 9.10. The number of imide groups is 1. The third-order valence-electron chi connectivity index (χ3n) is 4.23. The fraction of sp³-hybridized carbons (Fsp3) is 0.348. The SMILES string of the molecule is CC(C)(C)OC(=O)N(C(=O)OC(C)(C)C)c1cnc2c(c1)cc(Br)n2S(=O)(=O)c1ccccc1. The van der Waals surface area contributed by atoms with Crippen molar-refractivity contribution in [3.8, 4) is 0 Å². The molecular formula is C23H26BrN3O6S. The standard InChI is InChI=1S/C23H26BrN3O6S/c1-22(2,3)32-20(28)26(21(29)33-23(4,5)6)16-12-15-13-18(24)27(19(15)25-14-16)34(30,31)17-10-8-7-9-11-17/h7-14H,1-6H3. The Hall–Kier alpha value is -2.92. The van der Waals surface area contributed by atoms with Gasteiger partial charge in [0, 0.05) is 5.39 Å². The van der Waals surface area contributed by atoms with Gasteiger partial charge in [0.05, 0.1) is 16.8 Å². The van der Waals surface area contributed by atoms with Crippen molar-refractivity contribution in [2.45, 2.75) is 57.6 Å². The second kappa shape index (κ2) is 9.03. The molecule has 2 amide bonds. The third kappa shape index (κ3) is 5.58.